The molecule has 0 bridgehead atoms. The first-order valence-corrected chi connectivity index (χ1v) is 14.2. The molecule has 0 aliphatic carbocycles. The molecule has 3 aromatic carbocycles. The second-order valence-electron chi connectivity index (χ2n) is 10.2. The zero-order chi connectivity index (χ0) is 27.3. The van der Waals surface area contributed by atoms with Gasteiger partial charge in [0, 0.05) is 50.6 Å². The molecule has 6 nitrogen and oxygen atoms in total. The molecule has 4 rings (SSSR count). The van der Waals surface area contributed by atoms with Crippen molar-refractivity contribution in [2.75, 3.05) is 43.1 Å². The van der Waals surface area contributed by atoms with Crippen LogP contribution in [-0.2, 0) is 22.4 Å². The number of hydrogen-bond donors (Lipinski definition) is 2. The van der Waals surface area contributed by atoms with Crippen molar-refractivity contribution in [3.63, 3.8) is 0 Å². The minimum Gasteiger partial charge on any atom is -0.382 e. The van der Waals surface area contributed by atoms with E-state index >= 15 is 0 Å². The molecule has 2 N–H and O–H groups in total. The molecule has 6 heteroatoms. The maximum Gasteiger partial charge on any atom is 0.253 e. The van der Waals surface area contributed by atoms with E-state index in [0.717, 1.165) is 50.0 Å². The van der Waals surface area contributed by atoms with Crippen LogP contribution in [0.15, 0.2) is 78.9 Å². The van der Waals surface area contributed by atoms with Gasteiger partial charge >= 0.3 is 0 Å². The van der Waals surface area contributed by atoms with Crippen LogP contribution in [0.25, 0.3) is 0 Å². The number of carbonyl (C=O) groups excluding carboxylic acids is 2. The van der Waals surface area contributed by atoms with Crippen molar-refractivity contribution >= 4 is 23.2 Å². The molecule has 0 spiro atoms. The molecule has 1 aliphatic heterocycles. The largest absolute Gasteiger partial charge is 0.382 e. The Morgan fingerprint density at radius 3 is 2.31 bits per heavy atom. The predicted molar refractivity (Wildman–Crippen MR) is 158 cm³/mol. The van der Waals surface area contributed by atoms with E-state index in [4.69, 9.17) is 4.74 Å². The van der Waals surface area contributed by atoms with Gasteiger partial charge in [0.05, 0.1) is 5.56 Å². The predicted octanol–water partition coefficient (Wildman–Crippen LogP) is 5.87. The van der Waals surface area contributed by atoms with Crippen LogP contribution in [0.4, 0.5) is 11.4 Å². The molecule has 3 aromatic rings. The van der Waals surface area contributed by atoms with E-state index in [1.807, 2.05) is 55.5 Å². The van der Waals surface area contributed by atoms with Gasteiger partial charge in [-0.1, -0.05) is 60.7 Å². The fourth-order valence-corrected chi connectivity index (χ4v) is 5.14. The number of aryl methyl sites for hydroxylation is 1. The molecule has 0 unspecified atom stereocenters. The number of amides is 2. The monoisotopic (exact) mass is 527 g/mol. The van der Waals surface area contributed by atoms with E-state index in [0.29, 0.717) is 49.8 Å². The van der Waals surface area contributed by atoms with Gasteiger partial charge in [0.1, 0.15) is 0 Å². The van der Waals surface area contributed by atoms with Crippen LogP contribution in [0.1, 0.15) is 54.1 Å². The third kappa shape index (κ3) is 8.96. The third-order valence-corrected chi connectivity index (χ3v) is 7.29. The maximum absolute atomic E-state index is 13.3. The van der Waals surface area contributed by atoms with Crippen LogP contribution in [-0.4, -0.2) is 44.7 Å². The van der Waals surface area contributed by atoms with Gasteiger partial charge in [-0.05, 0) is 74.3 Å². The first kappa shape index (κ1) is 28.4. The zero-order valence-electron chi connectivity index (χ0n) is 23.0. The first-order chi connectivity index (χ1) is 19.1. The standard InChI is InChI=1S/C33H41N3O3/c1-2-39-23-9-20-34-33(38)30-25-29(35-32(37)17-14-26-10-5-3-6-11-26)15-16-31(30)36-21-18-28(19-22-36)24-27-12-7-4-8-13-27/h3-8,10-13,15-16,25,28H,2,9,14,17-24H2,1H3,(H,34,38)(H,35,37). The van der Waals surface area contributed by atoms with Crippen LogP contribution in [0, 0.1) is 5.92 Å². The van der Waals surface area contributed by atoms with Gasteiger partial charge < -0.3 is 20.3 Å². The Kier molecular flexibility index (Phi) is 11.0. The van der Waals surface area contributed by atoms with Gasteiger partial charge in [-0.2, -0.15) is 0 Å². The summed E-state index contributed by atoms with van der Waals surface area (Å²) < 4.78 is 5.40. The van der Waals surface area contributed by atoms with Gasteiger partial charge in [0.2, 0.25) is 5.91 Å². The summed E-state index contributed by atoms with van der Waals surface area (Å²) in [5, 5.41) is 6.05. The summed E-state index contributed by atoms with van der Waals surface area (Å²) in [6, 6.07) is 26.4. The highest BCUT2D eigenvalue weighted by Gasteiger charge is 2.24. The Balaban J connectivity index is 1.41. The molecule has 0 saturated carbocycles. The molecule has 206 valence electrons. The highest BCUT2D eigenvalue weighted by molar-refractivity contribution is 6.02. The minimum atomic E-state index is -0.117. The number of anilines is 2. The van der Waals surface area contributed by atoms with Crippen molar-refractivity contribution in [3.05, 3.63) is 95.6 Å². The Bertz CT molecular complexity index is 1180. The Labute approximate surface area is 232 Å². The lowest BCUT2D eigenvalue weighted by molar-refractivity contribution is -0.116. The van der Waals surface area contributed by atoms with Crippen molar-refractivity contribution < 1.29 is 14.3 Å². The molecule has 2 amide bonds. The highest BCUT2D eigenvalue weighted by atomic mass is 16.5. The average Bonchev–Trinajstić information content (AvgIpc) is 2.97. The van der Waals surface area contributed by atoms with Gasteiger partial charge in [0.15, 0.2) is 0 Å². The van der Waals surface area contributed by atoms with Crippen LogP contribution in [0.2, 0.25) is 0 Å². The van der Waals surface area contributed by atoms with Gasteiger partial charge in [-0.3, -0.25) is 9.59 Å². The van der Waals surface area contributed by atoms with E-state index in [1.54, 1.807) is 0 Å². The van der Waals surface area contributed by atoms with E-state index in [9.17, 15) is 9.59 Å². The van der Waals surface area contributed by atoms with Gasteiger partial charge in [-0.25, -0.2) is 0 Å². The smallest absolute Gasteiger partial charge is 0.253 e. The molecule has 1 heterocycles. The molecule has 0 aromatic heterocycles. The number of ether oxygens (including phenoxy) is 1. The lowest BCUT2D eigenvalue weighted by atomic mass is 9.89. The number of benzene rings is 3. The molecule has 1 aliphatic rings. The lowest BCUT2D eigenvalue weighted by Crippen LogP contribution is -2.36. The average molecular weight is 528 g/mol. The molecule has 1 saturated heterocycles. The van der Waals surface area contributed by atoms with Crippen LogP contribution in [0.5, 0.6) is 0 Å². The highest BCUT2D eigenvalue weighted by Crippen LogP contribution is 2.30. The summed E-state index contributed by atoms with van der Waals surface area (Å²) >= 11 is 0. The SMILES string of the molecule is CCOCCCNC(=O)c1cc(NC(=O)CCc2ccccc2)ccc1N1CCC(Cc2ccccc2)CC1. The Morgan fingerprint density at radius 1 is 0.923 bits per heavy atom. The number of rotatable bonds is 13. The van der Waals surface area contributed by atoms with Crippen molar-refractivity contribution in [2.45, 2.75) is 45.4 Å². The van der Waals surface area contributed by atoms with Crippen LogP contribution >= 0.6 is 0 Å². The molecule has 1 fully saturated rings. The summed E-state index contributed by atoms with van der Waals surface area (Å²) in [6.07, 6.45) is 5.09. The Hall–Kier alpha value is -3.64. The van der Waals surface area contributed by atoms with Crippen molar-refractivity contribution in [2.24, 2.45) is 5.92 Å². The second-order valence-corrected chi connectivity index (χ2v) is 10.2. The molecule has 39 heavy (non-hydrogen) atoms. The minimum absolute atomic E-state index is 0.0589. The normalized spacial score (nSPS) is 13.7. The summed E-state index contributed by atoms with van der Waals surface area (Å²) in [6.45, 7) is 5.62. The summed E-state index contributed by atoms with van der Waals surface area (Å²) in [5.41, 5.74) is 4.70. The quantitative estimate of drug-likeness (QED) is 0.273. The summed E-state index contributed by atoms with van der Waals surface area (Å²) in [7, 11) is 0. The van der Waals surface area contributed by atoms with Gasteiger partial charge in [0.25, 0.3) is 5.91 Å². The topological polar surface area (TPSA) is 70.7 Å². The number of nitrogens with zero attached hydrogens (tertiary/aromatic N) is 1. The molecular weight excluding hydrogens is 486 g/mol. The maximum atomic E-state index is 13.3. The number of hydrogen-bond acceptors (Lipinski definition) is 4. The third-order valence-electron chi connectivity index (χ3n) is 7.29. The van der Waals surface area contributed by atoms with E-state index in [2.05, 4.69) is 45.9 Å². The molecular formula is C33H41N3O3. The van der Waals surface area contributed by atoms with Crippen molar-refractivity contribution in [1.29, 1.82) is 0 Å². The van der Waals surface area contributed by atoms with Gasteiger partial charge in [-0.15, -0.1) is 0 Å². The van der Waals surface area contributed by atoms with Crippen molar-refractivity contribution in [1.82, 2.24) is 5.32 Å². The number of carbonyl (C=O) groups is 2. The van der Waals surface area contributed by atoms with Crippen LogP contribution < -0.4 is 15.5 Å². The fourth-order valence-electron chi connectivity index (χ4n) is 5.14. The lowest BCUT2D eigenvalue weighted by Gasteiger charge is -2.35. The van der Waals surface area contributed by atoms with E-state index in [1.165, 1.54) is 5.56 Å². The summed E-state index contributed by atoms with van der Waals surface area (Å²) in [4.78, 5) is 28.3. The fraction of sp³-hybridized carbons (Fsp3) is 0.394. The molecule has 0 atom stereocenters. The molecule has 0 radical (unpaired) electrons. The zero-order valence-corrected chi connectivity index (χ0v) is 23.0. The van der Waals surface area contributed by atoms with E-state index < -0.39 is 0 Å². The number of piperidine rings is 1. The second kappa shape index (κ2) is 15.1. The van der Waals surface area contributed by atoms with Crippen molar-refractivity contribution in [3.8, 4) is 0 Å². The first-order valence-electron chi connectivity index (χ1n) is 14.2. The Morgan fingerprint density at radius 2 is 1.62 bits per heavy atom. The van der Waals surface area contributed by atoms with Crippen LogP contribution in [0.3, 0.4) is 0 Å². The van der Waals surface area contributed by atoms with E-state index in [-0.39, 0.29) is 11.8 Å². The number of nitrogens with one attached hydrogen (secondary N) is 2. The summed E-state index contributed by atoms with van der Waals surface area (Å²) in [5.74, 6) is 0.465.